The molecule has 2 fully saturated rings. The fourth-order valence-corrected chi connectivity index (χ4v) is 3.74. The zero-order valence-electron chi connectivity index (χ0n) is 13.5. The lowest BCUT2D eigenvalue weighted by molar-refractivity contribution is 0.218. The van der Waals surface area contributed by atoms with E-state index in [-0.39, 0.29) is 5.54 Å². The fourth-order valence-electron chi connectivity index (χ4n) is 3.74. The minimum Gasteiger partial charge on any atom is -0.303 e. The molecule has 2 unspecified atom stereocenters. The Morgan fingerprint density at radius 3 is 2.65 bits per heavy atom. The molecule has 1 N–H and O–H groups in total. The van der Waals surface area contributed by atoms with Gasteiger partial charge in [0.25, 0.3) is 0 Å². The van der Waals surface area contributed by atoms with Crippen molar-refractivity contribution in [2.45, 2.75) is 70.9 Å². The molecule has 3 nitrogen and oxygen atoms in total. The quantitative estimate of drug-likeness (QED) is 0.740. The van der Waals surface area contributed by atoms with E-state index in [1.807, 2.05) is 0 Å². The van der Waals surface area contributed by atoms with E-state index in [1.165, 1.54) is 45.2 Å². The summed E-state index contributed by atoms with van der Waals surface area (Å²) in [6.07, 6.45) is 7.48. The largest absolute Gasteiger partial charge is 0.303 e. The molecule has 2 atom stereocenters. The third-order valence-corrected chi connectivity index (χ3v) is 5.02. The van der Waals surface area contributed by atoms with Gasteiger partial charge in [-0.05, 0) is 70.9 Å². The number of rotatable bonds is 8. The molecule has 0 spiro atoms. The predicted molar refractivity (Wildman–Crippen MR) is 83.4 cm³/mol. The van der Waals surface area contributed by atoms with Crippen molar-refractivity contribution in [3.8, 4) is 6.07 Å². The summed E-state index contributed by atoms with van der Waals surface area (Å²) >= 11 is 0. The highest BCUT2D eigenvalue weighted by molar-refractivity contribution is 5.14. The van der Waals surface area contributed by atoms with Crippen LogP contribution in [0.25, 0.3) is 0 Å². The van der Waals surface area contributed by atoms with Crippen molar-refractivity contribution in [2.24, 2.45) is 11.8 Å². The summed E-state index contributed by atoms with van der Waals surface area (Å²) in [5, 5.41) is 13.3. The van der Waals surface area contributed by atoms with Crippen molar-refractivity contribution >= 4 is 0 Å². The van der Waals surface area contributed by atoms with Gasteiger partial charge >= 0.3 is 0 Å². The van der Waals surface area contributed by atoms with Gasteiger partial charge in [0.2, 0.25) is 0 Å². The maximum absolute atomic E-state index is 9.69. The predicted octanol–water partition coefficient (Wildman–Crippen LogP) is 3.17. The molecule has 0 aromatic heterocycles. The number of nitriles is 1. The Labute approximate surface area is 124 Å². The van der Waals surface area contributed by atoms with Crippen LogP contribution in [0.4, 0.5) is 0 Å². The fraction of sp³-hybridized carbons (Fsp3) is 0.941. The Kier molecular flexibility index (Phi) is 5.46. The maximum Gasteiger partial charge on any atom is 0.109 e. The van der Waals surface area contributed by atoms with Crippen LogP contribution in [0.1, 0.15) is 59.3 Å². The first-order valence-electron chi connectivity index (χ1n) is 8.51. The average Bonchev–Trinajstić information content (AvgIpc) is 3.15. The molecule has 20 heavy (non-hydrogen) atoms. The van der Waals surface area contributed by atoms with Gasteiger partial charge in [0, 0.05) is 12.6 Å². The van der Waals surface area contributed by atoms with Crippen LogP contribution in [0, 0.1) is 23.2 Å². The van der Waals surface area contributed by atoms with Gasteiger partial charge in [-0.15, -0.1) is 0 Å². The average molecular weight is 277 g/mol. The summed E-state index contributed by atoms with van der Waals surface area (Å²) in [4.78, 5) is 2.59. The molecule has 0 aliphatic heterocycles. The number of hydrogen-bond acceptors (Lipinski definition) is 3. The van der Waals surface area contributed by atoms with Crippen molar-refractivity contribution in [2.75, 3.05) is 19.6 Å². The molecule has 2 rings (SSSR count). The first kappa shape index (κ1) is 15.8. The van der Waals surface area contributed by atoms with Crippen molar-refractivity contribution in [3.05, 3.63) is 0 Å². The van der Waals surface area contributed by atoms with Gasteiger partial charge < -0.3 is 4.90 Å². The zero-order chi connectivity index (χ0) is 14.6. The van der Waals surface area contributed by atoms with Crippen LogP contribution in [0.15, 0.2) is 0 Å². The number of hydrogen-bond donors (Lipinski definition) is 1. The standard InChI is InChI=1S/C17H31N3/c1-4-20(12-15-7-8-15)11-9-16-6-5-10-17(16,13-18)19-14(2)3/h14-16,19H,4-12H2,1-3H3. The van der Waals surface area contributed by atoms with E-state index in [0.29, 0.717) is 12.0 Å². The minimum atomic E-state index is -0.257. The Hall–Kier alpha value is -0.590. The lowest BCUT2D eigenvalue weighted by Crippen LogP contribution is -2.50. The Morgan fingerprint density at radius 2 is 2.10 bits per heavy atom. The van der Waals surface area contributed by atoms with E-state index in [0.717, 1.165) is 18.9 Å². The van der Waals surface area contributed by atoms with E-state index in [4.69, 9.17) is 0 Å². The molecule has 0 aromatic carbocycles. The third-order valence-electron chi connectivity index (χ3n) is 5.02. The minimum absolute atomic E-state index is 0.257. The Bertz CT molecular complexity index is 343. The van der Waals surface area contributed by atoms with Gasteiger partial charge in [0.15, 0.2) is 0 Å². The SMILES string of the molecule is CCN(CCC1CCCC1(C#N)NC(C)C)CC1CC1. The molecule has 0 heterocycles. The molecule has 0 aromatic rings. The van der Waals surface area contributed by atoms with Crippen molar-refractivity contribution < 1.29 is 0 Å². The second-order valence-electron chi connectivity index (χ2n) is 7.10. The summed E-state index contributed by atoms with van der Waals surface area (Å²) in [6.45, 7) is 10.2. The van der Waals surface area contributed by atoms with Gasteiger partial charge in [-0.2, -0.15) is 5.26 Å². The van der Waals surface area contributed by atoms with Crippen molar-refractivity contribution in [1.82, 2.24) is 10.2 Å². The highest BCUT2D eigenvalue weighted by Gasteiger charge is 2.43. The highest BCUT2D eigenvalue weighted by atomic mass is 15.1. The summed E-state index contributed by atoms with van der Waals surface area (Å²) in [5.74, 6) is 1.50. The molecule has 0 radical (unpaired) electrons. The molecule has 2 saturated carbocycles. The molecule has 0 amide bonds. The van der Waals surface area contributed by atoms with E-state index < -0.39 is 0 Å². The maximum atomic E-state index is 9.69. The van der Waals surface area contributed by atoms with E-state index in [2.05, 4.69) is 37.1 Å². The van der Waals surface area contributed by atoms with E-state index in [1.54, 1.807) is 0 Å². The second kappa shape index (κ2) is 6.91. The lowest BCUT2D eigenvalue weighted by Gasteiger charge is -2.33. The summed E-state index contributed by atoms with van der Waals surface area (Å²) in [6, 6.07) is 3.02. The van der Waals surface area contributed by atoms with Gasteiger partial charge in [0.1, 0.15) is 5.54 Å². The molecule has 0 bridgehead atoms. The van der Waals surface area contributed by atoms with Crippen LogP contribution in [0.3, 0.4) is 0 Å². The normalized spacial score (nSPS) is 30.1. The Balaban J connectivity index is 1.87. The Morgan fingerprint density at radius 1 is 1.35 bits per heavy atom. The highest BCUT2D eigenvalue weighted by Crippen LogP contribution is 2.38. The van der Waals surface area contributed by atoms with E-state index >= 15 is 0 Å². The third kappa shape index (κ3) is 3.96. The topological polar surface area (TPSA) is 39.1 Å². The molecule has 3 heteroatoms. The number of nitrogens with zero attached hydrogens (tertiary/aromatic N) is 2. The molecule has 2 aliphatic rings. The lowest BCUT2D eigenvalue weighted by atomic mass is 9.85. The monoisotopic (exact) mass is 277 g/mol. The van der Waals surface area contributed by atoms with Crippen LogP contribution < -0.4 is 5.32 Å². The molecular weight excluding hydrogens is 246 g/mol. The molecule has 0 saturated heterocycles. The molecular formula is C17H31N3. The summed E-state index contributed by atoms with van der Waals surface area (Å²) in [5.41, 5.74) is -0.257. The van der Waals surface area contributed by atoms with Crippen LogP contribution in [-0.2, 0) is 0 Å². The first-order chi connectivity index (χ1) is 9.59. The van der Waals surface area contributed by atoms with Gasteiger partial charge in [-0.1, -0.05) is 13.3 Å². The van der Waals surface area contributed by atoms with Crippen LogP contribution in [-0.4, -0.2) is 36.1 Å². The second-order valence-corrected chi connectivity index (χ2v) is 7.10. The molecule has 2 aliphatic carbocycles. The smallest absolute Gasteiger partial charge is 0.109 e. The van der Waals surface area contributed by atoms with Crippen molar-refractivity contribution in [3.63, 3.8) is 0 Å². The van der Waals surface area contributed by atoms with Crippen LogP contribution in [0.2, 0.25) is 0 Å². The van der Waals surface area contributed by atoms with Gasteiger partial charge in [0.05, 0.1) is 6.07 Å². The zero-order valence-corrected chi connectivity index (χ0v) is 13.5. The summed E-state index contributed by atoms with van der Waals surface area (Å²) < 4.78 is 0. The van der Waals surface area contributed by atoms with Gasteiger partial charge in [-0.3, -0.25) is 5.32 Å². The number of nitrogens with one attached hydrogen (secondary N) is 1. The van der Waals surface area contributed by atoms with Crippen molar-refractivity contribution in [1.29, 1.82) is 5.26 Å². The molecule has 114 valence electrons. The van der Waals surface area contributed by atoms with Crippen LogP contribution in [0.5, 0.6) is 0 Å². The van der Waals surface area contributed by atoms with Gasteiger partial charge in [-0.25, -0.2) is 0 Å². The first-order valence-corrected chi connectivity index (χ1v) is 8.51. The van der Waals surface area contributed by atoms with E-state index in [9.17, 15) is 5.26 Å². The van der Waals surface area contributed by atoms with Crippen LogP contribution >= 0.6 is 0 Å². The summed E-state index contributed by atoms with van der Waals surface area (Å²) in [7, 11) is 0.